The summed E-state index contributed by atoms with van der Waals surface area (Å²) in [4.78, 5) is 0.353. The second kappa shape index (κ2) is 7.72. The minimum atomic E-state index is -3.51. The summed E-state index contributed by atoms with van der Waals surface area (Å²) in [6.45, 7) is 3.86. The van der Waals surface area contributed by atoms with Crippen molar-refractivity contribution in [3.8, 4) is 0 Å². The van der Waals surface area contributed by atoms with Crippen molar-refractivity contribution < 1.29 is 18.3 Å². The van der Waals surface area contributed by atoms with Crippen LogP contribution in [0.1, 0.15) is 26.2 Å². The number of benzene rings is 2. The van der Waals surface area contributed by atoms with Crippen LogP contribution in [0.5, 0.6) is 0 Å². The van der Waals surface area contributed by atoms with Crippen molar-refractivity contribution in [2.45, 2.75) is 48.8 Å². The van der Waals surface area contributed by atoms with Crippen LogP contribution in [0.25, 0.3) is 10.8 Å². The third kappa shape index (κ3) is 3.95. The lowest BCUT2D eigenvalue weighted by Gasteiger charge is -2.38. The molecule has 4 rings (SSSR count). The monoisotopic (exact) mass is 404 g/mol. The molecule has 0 bridgehead atoms. The molecule has 28 heavy (non-hydrogen) atoms. The lowest BCUT2D eigenvalue weighted by Crippen LogP contribution is -2.47. The molecule has 0 radical (unpaired) electrons. The Morgan fingerprint density at radius 2 is 1.93 bits per heavy atom. The van der Waals surface area contributed by atoms with Crippen LogP contribution in [-0.4, -0.2) is 61.8 Å². The summed E-state index contributed by atoms with van der Waals surface area (Å²) in [7, 11) is -3.51. The predicted molar refractivity (Wildman–Crippen MR) is 109 cm³/mol. The van der Waals surface area contributed by atoms with Crippen molar-refractivity contribution in [1.29, 1.82) is 0 Å². The van der Waals surface area contributed by atoms with Crippen LogP contribution in [-0.2, 0) is 14.8 Å². The number of sulfonamides is 1. The highest BCUT2D eigenvalue weighted by atomic mass is 32.2. The first-order valence-corrected chi connectivity index (χ1v) is 11.4. The van der Waals surface area contributed by atoms with E-state index in [0.29, 0.717) is 44.0 Å². The number of aliphatic hydroxyl groups excluding tert-OH is 1. The summed E-state index contributed by atoms with van der Waals surface area (Å²) >= 11 is 0. The number of aliphatic hydroxyl groups is 1. The summed E-state index contributed by atoms with van der Waals surface area (Å²) in [5.41, 5.74) is -0.244. The Morgan fingerprint density at radius 1 is 1.21 bits per heavy atom. The fraction of sp³-hybridized carbons (Fsp3) is 0.524. The van der Waals surface area contributed by atoms with E-state index in [9.17, 15) is 13.5 Å². The Bertz CT molecular complexity index is 936. The Morgan fingerprint density at radius 3 is 2.64 bits per heavy atom. The summed E-state index contributed by atoms with van der Waals surface area (Å²) in [6.07, 6.45) is 1.88. The summed E-state index contributed by atoms with van der Waals surface area (Å²) in [6, 6.07) is 13.3. The molecule has 0 saturated carbocycles. The Labute approximate surface area is 166 Å². The number of ether oxygens (including phenoxy) is 1. The fourth-order valence-corrected chi connectivity index (χ4v) is 5.75. The van der Waals surface area contributed by atoms with Gasteiger partial charge in [0, 0.05) is 25.7 Å². The van der Waals surface area contributed by atoms with Gasteiger partial charge in [0.1, 0.15) is 0 Å². The zero-order chi connectivity index (χ0) is 19.8. The first-order valence-electron chi connectivity index (χ1n) is 9.92. The van der Waals surface area contributed by atoms with Crippen molar-refractivity contribution in [2.75, 3.05) is 26.2 Å². The molecule has 2 aromatic carbocycles. The van der Waals surface area contributed by atoms with E-state index in [1.807, 2.05) is 30.3 Å². The molecule has 2 fully saturated rings. The second-order valence-electron chi connectivity index (χ2n) is 8.07. The molecule has 2 aliphatic rings. The number of nitrogens with one attached hydrogen (secondary N) is 1. The van der Waals surface area contributed by atoms with Crippen LogP contribution in [0.2, 0.25) is 0 Å². The van der Waals surface area contributed by atoms with Crippen LogP contribution < -0.4 is 5.32 Å². The first-order chi connectivity index (χ1) is 13.4. The van der Waals surface area contributed by atoms with Crippen LogP contribution >= 0.6 is 0 Å². The highest BCUT2D eigenvalue weighted by molar-refractivity contribution is 7.89. The van der Waals surface area contributed by atoms with Crippen molar-refractivity contribution in [1.82, 2.24) is 9.62 Å². The van der Waals surface area contributed by atoms with Gasteiger partial charge in [-0.05, 0) is 49.1 Å². The molecule has 7 heteroatoms. The molecular formula is C21H28N2O4S. The van der Waals surface area contributed by atoms with Gasteiger partial charge >= 0.3 is 0 Å². The maximum atomic E-state index is 13.1. The van der Waals surface area contributed by atoms with E-state index in [0.717, 1.165) is 17.2 Å². The number of fused-ring (bicyclic) bond motifs is 1. The summed E-state index contributed by atoms with van der Waals surface area (Å²) in [5, 5.41) is 14.7. The number of piperidine rings is 1. The van der Waals surface area contributed by atoms with E-state index in [2.05, 4.69) is 5.32 Å². The van der Waals surface area contributed by atoms with Gasteiger partial charge in [-0.1, -0.05) is 30.3 Å². The second-order valence-corrected chi connectivity index (χ2v) is 10.0. The van der Waals surface area contributed by atoms with Crippen molar-refractivity contribution in [3.05, 3.63) is 42.5 Å². The largest absolute Gasteiger partial charge is 0.392 e. The molecular weight excluding hydrogens is 376 g/mol. The smallest absolute Gasteiger partial charge is 0.243 e. The molecule has 0 amide bonds. The highest BCUT2D eigenvalue weighted by Crippen LogP contribution is 2.37. The quantitative estimate of drug-likeness (QED) is 0.798. The first kappa shape index (κ1) is 19.8. The zero-order valence-corrected chi connectivity index (χ0v) is 17.0. The van der Waals surface area contributed by atoms with E-state index in [4.69, 9.17) is 4.74 Å². The molecule has 1 spiro atoms. The van der Waals surface area contributed by atoms with Gasteiger partial charge in [-0.2, -0.15) is 4.31 Å². The molecule has 2 N–H and O–H groups in total. The van der Waals surface area contributed by atoms with Crippen LogP contribution in [0, 0.1) is 0 Å². The van der Waals surface area contributed by atoms with Crippen LogP contribution in [0.4, 0.5) is 0 Å². The lowest BCUT2D eigenvalue weighted by molar-refractivity contribution is -0.0311. The summed E-state index contributed by atoms with van der Waals surface area (Å²) < 4.78 is 33.9. The molecule has 2 atom stereocenters. The molecule has 0 aliphatic carbocycles. The molecule has 2 saturated heterocycles. The molecule has 2 aromatic rings. The Balaban J connectivity index is 1.42. The van der Waals surface area contributed by atoms with Gasteiger partial charge in [-0.25, -0.2) is 8.42 Å². The third-order valence-corrected chi connectivity index (χ3v) is 7.80. The predicted octanol–water partition coefficient (Wildman–Crippen LogP) is 2.12. The molecule has 152 valence electrons. The van der Waals surface area contributed by atoms with Crippen LogP contribution in [0.15, 0.2) is 47.4 Å². The van der Waals surface area contributed by atoms with Gasteiger partial charge < -0.3 is 15.2 Å². The maximum Gasteiger partial charge on any atom is 0.243 e. The SMILES string of the molecule is CC(O)CNC1COC2(CCN(S(=O)(=O)c3ccc4ccccc4c3)CC2)C1. The Kier molecular flexibility index (Phi) is 5.46. The minimum Gasteiger partial charge on any atom is -0.392 e. The maximum absolute atomic E-state index is 13.1. The van der Waals surface area contributed by atoms with Crippen LogP contribution in [0.3, 0.4) is 0 Å². The third-order valence-electron chi connectivity index (χ3n) is 5.90. The van der Waals surface area contributed by atoms with Gasteiger partial charge in [0.25, 0.3) is 0 Å². The van der Waals surface area contributed by atoms with Gasteiger partial charge in [-0.3, -0.25) is 0 Å². The average molecular weight is 405 g/mol. The fourth-order valence-electron chi connectivity index (χ4n) is 4.27. The Hall–Kier alpha value is -1.51. The van der Waals surface area contributed by atoms with Gasteiger partial charge in [0.2, 0.25) is 10.0 Å². The van der Waals surface area contributed by atoms with Crippen molar-refractivity contribution in [3.63, 3.8) is 0 Å². The topological polar surface area (TPSA) is 78.9 Å². The number of hydrogen-bond donors (Lipinski definition) is 2. The van der Waals surface area contributed by atoms with Crippen molar-refractivity contribution in [2.24, 2.45) is 0 Å². The number of nitrogens with zero attached hydrogens (tertiary/aromatic N) is 1. The number of rotatable bonds is 5. The molecule has 0 aromatic heterocycles. The average Bonchev–Trinajstić information content (AvgIpc) is 3.09. The molecule has 6 nitrogen and oxygen atoms in total. The summed E-state index contributed by atoms with van der Waals surface area (Å²) in [5.74, 6) is 0. The van der Waals surface area contributed by atoms with E-state index in [1.165, 1.54) is 0 Å². The number of hydrogen-bond acceptors (Lipinski definition) is 5. The normalized spacial score (nSPS) is 24.0. The van der Waals surface area contributed by atoms with E-state index in [-0.39, 0.29) is 17.7 Å². The lowest BCUT2D eigenvalue weighted by atomic mass is 9.88. The zero-order valence-electron chi connectivity index (χ0n) is 16.2. The standard InChI is InChI=1S/C21H28N2O4S/c1-16(24)14-22-19-13-21(27-15-19)8-10-23(11-9-21)28(25,26)20-7-6-17-4-2-3-5-18(17)12-20/h2-7,12,16,19,22,24H,8-11,13-15H2,1H3. The van der Waals surface area contributed by atoms with Gasteiger partial charge in [0.05, 0.1) is 23.2 Å². The highest BCUT2D eigenvalue weighted by Gasteiger charge is 2.44. The van der Waals surface area contributed by atoms with Gasteiger partial charge in [-0.15, -0.1) is 0 Å². The van der Waals surface area contributed by atoms with E-state index >= 15 is 0 Å². The molecule has 2 aliphatic heterocycles. The van der Waals surface area contributed by atoms with E-state index < -0.39 is 10.0 Å². The van der Waals surface area contributed by atoms with E-state index in [1.54, 1.807) is 23.4 Å². The minimum absolute atomic E-state index is 0.221. The van der Waals surface area contributed by atoms with Crippen molar-refractivity contribution >= 4 is 20.8 Å². The molecule has 2 unspecified atom stereocenters. The van der Waals surface area contributed by atoms with Gasteiger partial charge in [0.15, 0.2) is 0 Å². The molecule has 2 heterocycles.